The van der Waals surface area contributed by atoms with Crippen molar-refractivity contribution in [3.63, 3.8) is 0 Å². The molecule has 0 unspecified atom stereocenters. The molecule has 1 aliphatic carbocycles. The molecule has 0 aromatic carbocycles. The van der Waals surface area contributed by atoms with Crippen LogP contribution in [0.25, 0.3) is 16.6 Å². The smallest absolute Gasteiger partial charge is 0.241 e. The lowest BCUT2D eigenvalue weighted by atomic mass is 9.85. The van der Waals surface area contributed by atoms with E-state index < -0.39 is 0 Å². The van der Waals surface area contributed by atoms with Gasteiger partial charge in [0.15, 0.2) is 0 Å². The maximum absolute atomic E-state index is 9.99. The fourth-order valence-corrected chi connectivity index (χ4v) is 4.73. The maximum Gasteiger partial charge on any atom is 0.241 e. The van der Waals surface area contributed by atoms with Crippen LogP contribution in [0.15, 0.2) is 24.7 Å². The normalized spacial score (nSPS) is 24.4. The van der Waals surface area contributed by atoms with Gasteiger partial charge in [-0.05, 0) is 45.1 Å². The minimum atomic E-state index is -0.189. The highest BCUT2D eigenvalue weighted by molar-refractivity contribution is 5.81. The van der Waals surface area contributed by atoms with Gasteiger partial charge in [-0.3, -0.25) is 4.68 Å². The lowest BCUT2D eigenvalue weighted by Gasteiger charge is -2.25. The molecule has 1 saturated heterocycles. The number of fused-ring (bicyclic) bond motifs is 1. The van der Waals surface area contributed by atoms with Gasteiger partial charge in [-0.1, -0.05) is 0 Å². The van der Waals surface area contributed by atoms with Crippen LogP contribution in [-0.4, -0.2) is 68.1 Å². The van der Waals surface area contributed by atoms with E-state index in [0.717, 1.165) is 61.9 Å². The SMILES string of the molecule is COC[C@H](C)Nc1ncc2c(-c3cnn(C[C@H]4CCO4)c3)cc([C@H]3CC[C@H](O)CC3)n2n1. The van der Waals surface area contributed by atoms with Gasteiger partial charge in [0.05, 0.1) is 43.3 Å². The summed E-state index contributed by atoms with van der Waals surface area (Å²) < 4.78 is 14.8. The minimum Gasteiger partial charge on any atom is -0.393 e. The molecular formula is C23H32N6O3. The van der Waals surface area contributed by atoms with Gasteiger partial charge in [-0.2, -0.15) is 5.10 Å². The number of anilines is 1. The molecule has 0 bridgehead atoms. The predicted octanol–water partition coefficient (Wildman–Crippen LogP) is 2.85. The first-order chi connectivity index (χ1) is 15.6. The second-order valence-corrected chi connectivity index (χ2v) is 9.10. The summed E-state index contributed by atoms with van der Waals surface area (Å²) in [7, 11) is 1.69. The van der Waals surface area contributed by atoms with Gasteiger partial charge in [0.25, 0.3) is 0 Å². The second kappa shape index (κ2) is 9.17. The summed E-state index contributed by atoms with van der Waals surface area (Å²) in [5.74, 6) is 0.941. The first-order valence-corrected chi connectivity index (χ1v) is 11.6. The van der Waals surface area contributed by atoms with Crippen molar-refractivity contribution in [1.29, 1.82) is 0 Å². The summed E-state index contributed by atoms with van der Waals surface area (Å²) >= 11 is 0. The highest BCUT2D eigenvalue weighted by atomic mass is 16.5. The standard InChI is InChI=1S/C23H32N6O3/c1-15(14-31-2)26-23-24-11-22-20(17-10-25-28(12-17)13-19-7-8-32-19)9-21(29(22)27-23)16-3-5-18(30)6-4-16/h9-12,15-16,18-19,30H,3-8,13-14H2,1-2H3,(H,26,27)/t15-,16-,18-,19+/m0/s1. The summed E-state index contributed by atoms with van der Waals surface area (Å²) in [6, 6.07) is 2.34. The van der Waals surface area contributed by atoms with Crippen LogP contribution in [0.1, 0.15) is 50.6 Å². The van der Waals surface area contributed by atoms with E-state index in [1.165, 1.54) is 5.69 Å². The minimum absolute atomic E-state index is 0.104. The number of nitrogens with one attached hydrogen (secondary N) is 1. The Morgan fingerprint density at radius 2 is 2.06 bits per heavy atom. The van der Waals surface area contributed by atoms with Crippen LogP contribution in [0, 0.1) is 0 Å². The van der Waals surface area contributed by atoms with Crippen LogP contribution < -0.4 is 5.32 Å². The van der Waals surface area contributed by atoms with E-state index >= 15 is 0 Å². The molecule has 9 nitrogen and oxygen atoms in total. The lowest BCUT2D eigenvalue weighted by Crippen LogP contribution is -2.31. The third kappa shape index (κ3) is 4.37. The zero-order chi connectivity index (χ0) is 22.1. The monoisotopic (exact) mass is 440 g/mol. The fraction of sp³-hybridized carbons (Fsp3) is 0.609. The molecule has 3 aromatic rings. The van der Waals surface area contributed by atoms with E-state index in [1.54, 1.807) is 7.11 Å². The van der Waals surface area contributed by atoms with Crippen LogP contribution in [0.3, 0.4) is 0 Å². The largest absolute Gasteiger partial charge is 0.393 e. The molecule has 2 atom stereocenters. The van der Waals surface area contributed by atoms with Gasteiger partial charge >= 0.3 is 0 Å². The van der Waals surface area contributed by atoms with E-state index in [0.29, 0.717) is 18.5 Å². The van der Waals surface area contributed by atoms with Gasteiger partial charge in [0, 0.05) is 48.7 Å². The van der Waals surface area contributed by atoms with E-state index in [2.05, 4.69) is 27.7 Å². The number of methoxy groups -OCH3 is 1. The number of hydrogen-bond donors (Lipinski definition) is 2. The summed E-state index contributed by atoms with van der Waals surface area (Å²) in [5, 5.41) is 22.7. The highest BCUT2D eigenvalue weighted by Gasteiger charge is 2.26. The van der Waals surface area contributed by atoms with E-state index in [4.69, 9.17) is 14.6 Å². The third-order valence-corrected chi connectivity index (χ3v) is 6.58. The molecule has 5 rings (SSSR count). The van der Waals surface area contributed by atoms with Gasteiger partial charge < -0.3 is 19.9 Å². The molecule has 1 saturated carbocycles. The van der Waals surface area contributed by atoms with Gasteiger partial charge in [0.2, 0.25) is 5.95 Å². The Morgan fingerprint density at radius 1 is 1.25 bits per heavy atom. The second-order valence-electron chi connectivity index (χ2n) is 9.10. The Hall–Kier alpha value is -2.49. The topological polar surface area (TPSA) is 98.7 Å². The molecule has 2 fully saturated rings. The molecule has 32 heavy (non-hydrogen) atoms. The Bertz CT molecular complexity index is 1050. The van der Waals surface area contributed by atoms with Gasteiger partial charge in [-0.25, -0.2) is 9.50 Å². The van der Waals surface area contributed by atoms with Gasteiger partial charge in [0.1, 0.15) is 0 Å². The van der Waals surface area contributed by atoms with E-state index in [1.807, 2.05) is 28.5 Å². The van der Waals surface area contributed by atoms with Crippen molar-refractivity contribution < 1.29 is 14.6 Å². The molecule has 2 N–H and O–H groups in total. The number of nitrogens with zero attached hydrogens (tertiary/aromatic N) is 5. The van der Waals surface area contributed by atoms with Crippen LogP contribution >= 0.6 is 0 Å². The lowest BCUT2D eigenvalue weighted by molar-refractivity contribution is -0.0609. The van der Waals surface area contributed by atoms with Crippen molar-refractivity contribution >= 4 is 11.5 Å². The van der Waals surface area contributed by atoms with Crippen molar-refractivity contribution in [1.82, 2.24) is 24.4 Å². The fourth-order valence-electron chi connectivity index (χ4n) is 4.73. The molecule has 1 aliphatic heterocycles. The van der Waals surface area contributed by atoms with Crippen LogP contribution in [0.5, 0.6) is 0 Å². The van der Waals surface area contributed by atoms with Crippen LogP contribution in [0.2, 0.25) is 0 Å². The summed E-state index contributed by atoms with van der Waals surface area (Å²) in [4.78, 5) is 4.58. The molecular weight excluding hydrogens is 408 g/mol. The average molecular weight is 441 g/mol. The van der Waals surface area contributed by atoms with E-state index in [-0.39, 0.29) is 18.2 Å². The Kier molecular flexibility index (Phi) is 6.12. The molecule has 3 aromatic heterocycles. The number of ether oxygens (including phenoxy) is 2. The highest BCUT2D eigenvalue weighted by Crippen LogP contribution is 2.37. The number of aliphatic hydroxyl groups is 1. The predicted molar refractivity (Wildman–Crippen MR) is 121 cm³/mol. The first-order valence-electron chi connectivity index (χ1n) is 11.6. The number of aromatic nitrogens is 5. The molecule has 172 valence electrons. The molecule has 0 amide bonds. The number of rotatable bonds is 8. The summed E-state index contributed by atoms with van der Waals surface area (Å²) in [6.45, 7) is 4.25. The maximum atomic E-state index is 9.99. The van der Waals surface area contributed by atoms with Crippen LogP contribution in [-0.2, 0) is 16.0 Å². The third-order valence-electron chi connectivity index (χ3n) is 6.58. The zero-order valence-electron chi connectivity index (χ0n) is 18.8. The van der Waals surface area contributed by atoms with Crippen molar-refractivity contribution in [3.05, 3.63) is 30.4 Å². The number of hydrogen-bond acceptors (Lipinski definition) is 7. The quantitative estimate of drug-likeness (QED) is 0.556. The Labute approximate surface area is 187 Å². The van der Waals surface area contributed by atoms with E-state index in [9.17, 15) is 5.11 Å². The summed E-state index contributed by atoms with van der Waals surface area (Å²) in [6.07, 6.45) is 10.6. The Balaban J connectivity index is 1.49. The average Bonchev–Trinajstić information content (AvgIpc) is 3.36. The van der Waals surface area contributed by atoms with Crippen molar-refractivity contribution in [2.45, 2.75) is 69.7 Å². The van der Waals surface area contributed by atoms with Crippen molar-refractivity contribution in [3.8, 4) is 11.1 Å². The zero-order valence-corrected chi connectivity index (χ0v) is 18.8. The van der Waals surface area contributed by atoms with Crippen molar-refractivity contribution in [2.24, 2.45) is 0 Å². The van der Waals surface area contributed by atoms with Gasteiger partial charge in [-0.15, -0.1) is 5.10 Å². The van der Waals surface area contributed by atoms with Crippen LogP contribution in [0.4, 0.5) is 5.95 Å². The number of aliphatic hydroxyl groups excluding tert-OH is 1. The molecule has 4 heterocycles. The molecule has 9 heteroatoms. The van der Waals surface area contributed by atoms with Crippen molar-refractivity contribution in [2.75, 3.05) is 25.6 Å². The Morgan fingerprint density at radius 3 is 2.78 bits per heavy atom. The first kappa shape index (κ1) is 21.4. The summed E-state index contributed by atoms with van der Waals surface area (Å²) in [5.41, 5.74) is 4.28. The molecule has 0 radical (unpaired) electrons. The molecule has 0 spiro atoms. The molecule has 2 aliphatic rings.